The highest BCUT2D eigenvalue weighted by Crippen LogP contribution is 2.21. The molecule has 0 aliphatic rings. The second-order valence-electron chi connectivity index (χ2n) is 5.26. The van der Waals surface area contributed by atoms with Crippen LogP contribution in [0.5, 0.6) is 0 Å². The first-order valence-electron chi connectivity index (χ1n) is 5.59. The van der Waals surface area contributed by atoms with Crippen molar-refractivity contribution in [2.45, 2.75) is 40.5 Å². The van der Waals surface area contributed by atoms with Crippen molar-refractivity contribution >= 4 is 17.4 Å². The molecule has 0 aliphatic carbocycles. The van der Waals surface area contributed by atoms with E-state index in [1.807, 2.05) is 45.9 Å². The minimum Gasteiger partial charge on any atom is -0.299 e. The number of ketones is 1. The Kier molecular flexibility index (Phi) is 4.15. The molecule has 1 aromatic rings. The highest BCUT2D eigenvalue weighted by Gasteiger charge is 2.20. The smallest absolute Gasteiger partial charge is 0.138 e. The van der Waals surface area contributed by atoms with E-state index < -0.39 is 0 Å². The van der Waals surface area contributed by atoms with E-state index in [0.717, 1.165) is 22.6 Å². The van der Waals surface area contributed by atoms with Crippen LogP contribution in [0.15, 0.2) is 18.2 Å². The van der Waals surface area contributed by atoms with Gasteiger partial charge in [0, 0.05) is 16.9 Å². The van der Waals surface area contributed by atoms with Crippen LogP contribution in [-0.2, 0) is 11.2 Å². The van der Waals surface area contributed by atoms with Gasteiger partial charge in [-0.25, -0.2) is 0 Å². The van der Waals surface area contributed by atoms with Crippen molar-refractivity contribution in [2.75, 3.05) is 0 Å². The van der Waals surface area contributed by atoms with Gasteiger partial charge in [-0.05, 0) is 30.5 Å². The maximum absolute atomic E-state index is 11.8. The number of halogens is 1. The second kappa shape index (κ2) is 5.01. The topological polar surface area (TPSA) is 17.1 Å². The number of hydrogen-bond acceptors (Lipinski definition) is 1. The summed E-state index contributed by atoms with van der Waals surface area (Å²) in [6, 6.07) is 5.99. The fraction of sp³-hybridized carbons (Fsp3) is 0.500. The van der Waals surface area contributed by atoms with Crippen molar-refractivity contribution in [3.63, 3.8) is 0 Å². The Bertz CT molecular complexity index is 388. The summed E-state index contributed by atoms with van der Waals surface area (Å²) in [6.45, 7) is 7.85. The molecule has 1 nitrogen and oxygen atoms in total. The van der Waals surface area contributed by atoms with E-state index >= 15 is 0 Å². The Morgan fingerprint density at radius 1 is 1.31 bits per heavy atom. The minimum atomic E-state index is -0.242. The molecule has 0 radical (unpaired) electrons. The highest BCUT2D eigenvalue weighted by atomic mass is 35.5. The number of carbonyl (C=O) groups excluding carboxylic acids is 1. The van der Waals surface area contributed by atoms with Crippen molar-refractivity contribution in [3.8, 4) is 0 Å². The van der Waals surface area contributed by atoms with Crippen molar-refractivity contribution in [3.05, 3.63) is 34.3 Å². The van der Waals surface area contributed by atoms with Gasteiger partial charge in [0.15, 0.2) is 0 Å². The van der Waals surface area contributed by atoms with E-state index in [-0.39, 0.29) is 5.41 Å². The molecule has 0 amide bonds. The third kappa shape index (κ3) is 3.64. The van der Waals surface area contributed by atoms with Crippen LogP contribution in [0.2, 0.25) is 5.02 Å². The third-order valence-electron chi connectivity index (χ3n) is 2.71. The van der Waals surface area contributed by atoms with E-state index in [1.54, 1.807) is 0 Å². The second-order valence-corrected chi connectivity index (χ2v) is 5.66. The van der Waals surface area contributed by atoms with E-state index in [0.29, 0.717) is 12.2 Å². The molecule has 0 saturated heterocycles. The lowest BCUT2D eigenvalue weighted by molar-refractivity contribution is -0.126. The molecule has 1 rings (SSSR count). The number of hydrogen-bond donors (Lipinski definition) is 0. The zero-order chi connectivity index (χ0) is 12.3. The summed E-state index contributed by atoms with van der Waals surface area (Å²) in [5.74, 6) is 0.296. The molecule has 16 heavy (non-hydrogen) atoms. The van der Waals surface area contributed by atoms with Gasteiger partial charge >= 0.3 is 0 Å². The molecule has 1 aromatic carbocycles. The van der Waals surface area contributed by atoms with Gasteiger partial charge in [0.25, 0.3) is 0 Å². The summed E-state index contributed by atoms with van der Waals surface area (Å²) in [7, 11) is 0. The lowest BCUT2D eigenvalue weighted by atomic mass is 9.87. The Balaban J connectivity index is 2.62. The van der Waals surface area contributed by atoms with Gasteiger partial charge in [-0.3, -0.25) is 4.79 Å². The minimum absolute atomic E-state index is 0.242. The van der Waals surface area contributed by atoms with Crippen LogP contribution in [0, 0.1) is 12.3 Å². The Morgan fingerprint density at radius 2 is 1.94 bits per heavy atom. The zero-order valence-electron chi connectivity index (χ0n) is 10.4. The normalized spacial score (nSPS) is 11.6. The fourth-order valence-electron chi connectivity index (χ4n) is 1.42. The van der Waals surface area contributed by atoms with Crippen molar-refractivity contribution < 1.29 is 4.79 Å². The maximum atomic E-state index is 11.8. The van der Waals surface area contributed by atoms with Gasteiger partial charge in [-0.2, -0.15) is 0 Å². The molecule has 0 fully saturated rings. The lowest BCUT2D eigenvalue weighted by Crippen LogP contribution is -2.20. The first kappa shape index (κ1) is 13.2. The summed E-state index contributed by atoms with van der Waals surface area (Å²) in [5.41, 5.74) is 1.97. The highest BCUT2D eigenvalue weighted by molar-refractivity contribution is 6.31. The van der Waals surface area contributed by atoms with Crippen LogP contribution in [0.3, 0.4) is 0 Å². The molecule has 0 unspecified atom stereocenters. The molecule has 2 heteroatoms. The molecule has 0 N–H and O–H groups in total. The van der Waals surface area contributed by atoms with Gasteiger partial charge in [-0.1, -0.05) is 44.5 Å². The molecular weight excluding hydrogens is 220 g/mol. The van der Waals surface area contributed by atoms with E-state index in [9.17, 15) is 4.79 Å². The van der Waals surface area contributed by atoms with Crippen molar-refractivity contribution in [1.82, 2.24) is 0 Å². The summed E-state index contributed by atoms with van der Waals surface area (Å²) in [5, 5.41) is 0.778. The molecule has 0 heterocycles. The summed E-state index contributed by atoms with van der Waals surface area (Å²) in [4.78, 5) is 11.8. The SMILES string of the molecule is Cc1ccc(CCC(=O)C(C)(C)C)cc1Cl. The molecule has 0 bridgehead atoms. The average molecular weight is 239 g/mol. The quantitative estimate of drug-likeness (QED) is 0.772. The predicted octanol–water partition coefficient (Wildman–Crippen LogP) is 4.20. The first-order valence-corrected chi connectivity index (χ1v) is 5.97. The van der Waals surface area contributed by atoms with Gasteiger partial charge in [0.1, 0.15) is 5.78 Å². The molecule has 0 aliphatic heterocycles. The number of aryl methyl sites for hydroxylation is 2. The van der Waals surface area contributed by atoms with Crippen LogP contribution in [0.1, 0.15) is 38.3 Å². The number of benzene rings is 1. The Hall–Kier alpha value is -0.820. The van der Waals surface area contributed by atoms with Crippen LogP contribution >= 0.6 is 11.6 Å². The van der Waals surface area contributed by atoms with Crippen LogP contribution in [0.4, 0.5) is 0 Å². The molecule has 88 valence electrons. The lowest BCUT2D eigenvalue weighted by Gasteiger charge is -2.16. The van der Waals surface area contributed by atoms with E-state index in [2.05, 4.69) is 0 Å². The predicted molar refractivity (Wildman–Crippen MR) is 69.0 cm³/mol. The van der Waals surface area contributed by atoms with Gasteiger partial charge < -0.3 is 0 Å². The standard InChI is InChI=1S/C14H19ClO/c1-10-5-6-11(9-12(10)15)7-8-13(16)14(2,3)4/h5-6,9H,7-8H2,1-4H3. The molecular formula is C14H19ClO. The van der Waals surface area contributed by atoms with Crippen LogP contribution in [-0.4, -0.2) is 5.78 Å². The molecule has 0 saturated carbocycles. The third-order valence-corrected chi connectivity index (χ3v) is 3.12. The van der Waals surface area contributed by atoms with Gasteiger partial charge in [-0.15, -0.1) is 0 Å². The summed E-state index contributed by atoms with van der Waals surface area (Å²) >= 11 is 6.03. The van der Waals surface area contributed by atoms with Crippen molar-refractivity contribution in [1.29, 1.82) is 0 Å². The zero-order valence-corrected chi connectivity index (χ0v) is 11.2. The average Bonchev–Trinajstić information content (AvgIpc) is 2.18. The van der Waals surface area contributed by atoms with Gasteiger partial charge in [0.2, 0.25) is 0 Å². The molecule has 0 atom stereocenters. The first-order chi connectivity index (χ1) is 7.30. The van der Waals surface area contributed by atoms with Crippen LogP contribution < -0.4 is 0 Å². The van der Waals surface area contributed by atoms with E-state index in [1.165, 1.54) is 0 Å². The maximum Gasteiger partial charge on any atom is 0.138 e. The summed E-state index contributed by atoms with van der Waals surface area (Å²) < 4.78 is 0. The van der Waals surface area contributed by atoms with Gasteiger partial charge in [0.05, 0.1) is 0 Å². The van der Waals surface area contributed by atoms with E-state index in [4.69, 9.17) is 11.6 Å². The monoisotopic (exact) mass is 238 g/mol. The number of Topliss-reactive ketones (excluding diaryl/α,β-unsaturated/α-hetero) is 1. The Morgan fingerprint density at radius 3 is 2.44 bits per heavy atom. The van der Waals surface area contributed by atoms with Crippen molar-refractivity contribution in [2.24, 2.45) is 5.41 Å². The molecule has 0 aromatic heterocycles. The fourth-order valence-corrected chi connectivity index (χ4v) is 1.63. The Labute approximate surface area is 103 Å². The number of carbonyl (C=O) groups is 1. The number of rotatable bonds is 3. The molecule has 0 spiro atoms. The van der Waals surface area contributed by atoms with Crippen LogP contribution in [0.25, 0.3) is 0 Å². The largest absolute Gasteiger partial charge is 0.299 e. The summed E-state index contributed by atoms with van der Waals surface area (Å²) in [6.07, 6.45) is 1.36.